The second kappa shape index (κ2) is 12.6. The van der Waals surface area contributed by atoms with E-state index < -0.39 is 127 Å². The summed E-state index contributed by atoms with van der Waals surface area (Å²) in [5, 5.41) is 17.2. The molecule has 2 aromatic rings. The van der Waals surface area contributed by atoms with Crippen LogP contribution in [-0.4, -0.2) is 57.2 Å². The van der Waals surface area contributed by atoms with Gasteiger partial charge >= 0.3 is 12.4 Å². The monoisotopic (exact) mass is 833 g/mol. The summed E-state index contributed by atoms with van der Waals surface area (Å²) < 4.78 is 91.7. The minimum absolute atomic E-state index is 0.140. The third-order valence-electron chi connectivity index (χ3n) is 12.7. The quantitative estimate of drug-likeness (QED) is 0.255. The molecular weight excluding hydrogens is 804 g/mol. The number of carbonyl (C=O) groups is 6. The minimum Gasteiger partial charge on any atom is -0.369 e. The Kier molecular flexibility index (Phi) is 8.84. The number of imide groups is 2. The number of rotatable bonds is 4. The molecule has 304 valence electrons. The Morgan fingerprint density at radius 2 is 1.03 bits per heavy atom. The third kappa shape index (κ3) is 5.50. The molecule has 6 heterocycles. The lowest BCUT2D eigenvalue weighted by atomic mass is 9.63. The molecule has 0 radical (unpaired) electrons. The number of amides is 5. The molecule has 0 aliphatic carbocycles. The lowest BCUT2D eigenvalue weighted by molar-refractivity contribution is -0.138. The maximum atomic E-state index is 13.3. The highest BCUT2D eigenvalue weighted by Gasteiger charge is 2.78. The molecule has 5 amide bonds. The van der Waals surface area contributed by atoms with Crippen molar-refractivity contribution >= 4 is 57.8 Å². The molecule has 4 bridgehead atoms. The Morgan fingerprint density at radius 3 is 1.36 bits per heavy atom. The van der Waals surface area contributed by atoms with E-state index in [0.717, 1.165) is 24.3 Å². The largest absolute Gasteiger partial charge is 0.417 e. The van der Waals surface area contributed by atoms with Crippen molar-refractivity contribution in [1.82, 2.24) is 0 Å². The van der Waals surface area contributed by atoms with Crippen LogP contribution in [0.15, 0.2) is 36.4 Å². The maximum Gasteiger partial charge on any atom is 0.417 e. The third-order valence-corrected chi connectivity index (χ3v) is 12.9. The van der Waals surface area contributed by atoms with Crippen molar-refractivity contribution in [2.45, 2.75) is 75.3 Å². The summed E-state index contributed by atoms with van der Waals surface area (Å²) in [6.45, 7) is 6.27. The molecule has 2 aromatic carbocycles. The zero-order valence-electron chi connectivity index (χ0n) is 30.6. The topological polar surface area (TPSA) is 201 Å². The molecule has 0 aromatic heterocycles. The maximum absolute atomic E-state index is 13.3. The average Bonchev–Trinajstić information content (AvgIpc) is 3.88. The molecule has 0 saturated carbocycles. The zero-order chi connectivity index (χ0) is 43.0. The SMILES string of the molecule is CC12C[C@@H](C(=O)Cl)C(C)(O1)[C@@H]1C(=O)N(c3ccc(C#N)c(C(F)(F)F)c3)C(=O)[C@@H]12.CC12C[C@@H](C(N)=O)C(C)(O1)[C@@H]1C(=O)N(c3ccc(C#N)c(C(F)(F)F)c3)C(=O)[C@@H]12. The summed E-state index contributed by atoms with van der Waals surface area (Å²) in [4.78, 5) is 77.6. The number of alkyl halides is 6. The van der Waals surface area contributed by atoms with E-state index in [2.05, 4.69) is 0 Å². The number of anilines is 2. The summed E-state index contributed by atoms with van der Waals surface area (Å²) in [7, 11) is 0. The fourth-order valence-corrected chi connectivity index (χ4v) is 10.6. The predicted molar refractivity (Wildman–Crippen MR) is 183 cm³/mol. The summed E-state index contributed by atoms with van der Waals surface area (Å²) >= 11 is 5.68. The van der Waals surface area contributed by atoms with Crippen LogP contribution in [0.2, 0.25) is 0 Å². The second-order valence-electron chi connectivity index (χ2n) is 16.0. The molecule has 6 fully saturated rings. The van der Waals surface area contributed by atoms with Crippen molar-refractivity contribution in [2.75, 3.05) is 9.80 Å². The van der Waals surface area contributed by atoms with Gasteiger partial charge in [-0.3, -0.25) is 28.8 Å². The van der Waals surface area contributed by atoms with E-state index in [1.807, 2.05) is 0 Å². The Morgan fingerprint density at radius 1 is 0.690 bits per heavy atom. The van der Waals surface area contributed by atoms with Crippen LogP contribution < -0.4 is 15.5 Å². The van der Waals surface area contributed by atoms with Crippen LogP contribution in [0, 0.1) is 58.2 Å². The van der Waals surface area contributed by atoms with E-state index >= 15 is 0 Å². The van der Waals surface area contributed by atoms with E-state index in [-0.39, 0.29) is 24.2 Å². The predicted octanol–water partition coefficient (Wildman–Crippen LogP) is 4.75. The minimum atomic E-state index is -4.83. The number of hydrogen-bond acceptors (Lipinski definition) is 10. The van der Waals surface area contributed by atoms with Crippen molar-refractivity contribution in [3.05, 3.63) is 58.7 Å². The van der Waals surface area contributed by atoms with Gasteiger partial charge in [0.25, 0.3) is 0 Å². The Hall–Kier alpha value is -5.37. The first-order valence-electron chi connectivity index (χ1n) is 17.6. The van der Waals surface area contributed by atoms with Gasteiger partial charge in [0.05, 0.1) is 104 Å². The molecule has 13 nitrogen and oxygen atoms in total. The lowest BCUT2D eigenvalue weighted by Gasteiger charge is -2.33. The molecule has 6 aliphatic rings. The molecule has 8 rings (SSSR count). The number of ether oxygens (including phenoxy) is 2. The van der Waals surface area contributed by atoms with Crippen molar-refractivity contribution in [3.8, 4) is 12.1 Å². The first-order valence-corrected chi connectivity index (χ1v) is 18.0. The second-order valence-corrected chi connectivity index (χ2v) is 16.4. The van der Waals surface area contributed by atoms with E-state index in [9.17, 15) is 55.1 Å². The smallest absolute Gasteiger partial charge is 0.369 e. The summed E-state index contributed by atoms with van der Waals surface area (Å²) in [5.41, 5.74) is -3.69. The van der Waals surface area contributed by atoms with Crippen LogP contribution in [-0.2, 0) is 50.6 Å². The Labute approximate surface area is 329 Å². The van der Waals surface area contributed by atoms with Crippen LogP contribution in [0.3, 0.4) is 0 Å². The number of fused-ring (bicyclic) bond motifs is 10. The van der Waals surface area contributed by atoms with E-state index in [4.69, 9.17) is 37.3 Å². The fraction of sp³-hybridized carbons (Fsp3) is 0.474. The highest BCUT2D eigenvalue weighted by molar-refractivity contribution is 6.64. The Balaban J connectivity index is 0.000000177. The van der Waals surface area contributed by atoms with Crippen LogP contribution in [0.1, 0.15) is 62.8 Å². The number of carbonyl (C=O) groups excluding carboxylic acids is 6. The van der Waals surface area contributed by atoms with Crippen LogP contribution in [0.5, 0.6) is 0 Å². The van der Waals surface area contributed by atoms with Gasteiger partial charge in [-0.2, -0.15) is 36.9 Å². The molecule has 58 heavy (non-hydrogen) atoms. The van der Waals surface area contributed by atoms with Crippen LogP contribution in [0.25, 0.3) is 0 Å². The van der Waals surface area contributed by atoms with Crippen molar-refractivity contribution in [1.29, 1.82) is 10.5 Å². The molecule has 2 N–H and O–H groups in total. The van der Waals surface area contributed by atoms with Gasteiger partial charge in [0, 0.05) is 0 Å². The fourth-order valence-electron chi connectivity index (χ4n) is 10.3. The van der Waals surface area contributed by atoms with Gasteiger partial charge in [-0.15, -0.1) is 0 Å². The van der Waals surface area contributed by atoms with Crippen molar-refractivity contribution in [3.63, 3.8) is 0 Å². The number of nitriles is 2. The van der Waals surface area contributed by atoms with Gasteiger partial charge in [0.1, 0.15) is 0 Å². The van der Waals surface area contributed by atoms with Gasteiger partial charge in [-0.25, -0.2) is 9.80 Å². The highest BCUT2D eigenvalue weighted by Crippen LogP contribution is 2.65. The highest BCUT2D eigenvalue weighted by atomic mass is 35.5. The number of benzene rings is 2. The lowest BCUT2D eigenvalue weighted by Crippen LogP contribution is -2.50. The van der Waals surface area contributed by atoms with Crippen molar-refractivity contribution in [2.24, 2.45) is 41.2 Å². The zero-order valence-corrected chi connectivity index (χ0v) is 31.4. The van der Waals surface area contributed by atoms with E-state index in [1.54, 1.807) is 13.8 Å². The normalized spacial score (nSPS) is 35.7. The molecule has 6 aliphatic heterocycles. The van der Waals surface area contributed by atoms with Gasteiger partial charge in [-0.05, 0) is 88.5 Å². The molecule has 0 spiro atoms. The standard InChI is InChI=1S/C19H14ClF3N2O4.C19H16F3N3O4/c1-17-6-11(14(20)26)18(2,29-17)13-12(17)15(27)25(16(13)28)9-4-3-8(7-24)10(5-9)19(21,22)23;1-17-6-11(14(24)26)18(2,29-17)13-12(17)15(27)25(16(13)28)9-4-3-8(7-23)10(5-9)19(20,21)22/h3-5,11-13H,6H2,1-2H3;3-5,11-13H,6H2,1-2H3,(H2,24,26)/t2*11-,12+,13-,17?,18?/m00/s1. The number of nitrogens with two attached hydrogens (primary N) is 1. The Bertz CT molecular complexity index is 2200. The molecule has 10 atom stereocenters. The number of halogens is 7. The van der Waals surface area contributed by atoms with E-state index in [1.165, 1.54) is 26.0 Å². The van der Waals surface area contributed by atoms with Crippen LogP contribution in [0.4, 0.5) is 37.7 Å². The average molecular weight is 834 g/mol. The van der Waals surface area contributed by atoms with Gasteiger partial charge in [0.15, 0.2) is 0 Å². The molecule has 20 heteroatoms. The molecule has 6 saturated heterocycles. The van der Waals surface area contributed by atoms with Gasteiger partial charge in [-0.1, -0.05) is 0 Å². The first kappa shape index (κ1) is 40.8. The van der Waals surface area contributed by atoms with Gasteiger partial charge in [0.2, 0.25) is 34.8 Å². The first-order chi connectivity index (χ1) is 26.7. The number of hydrogen-bond donors (Lipinski definition) is 1. The summed E-state index contributed by atoms with van der Waals surface area (Å²) in [6.07, 6.45) is -9.38. The molecule has 4 unspecified atom stereocenters. The summed E-state index contributed by atoms with van der Waals surface area (Å²) in [5.74, 6) is -9.05. The van der Waals surface area contributed by atoms with Crippen molar-refractivity contribution < 1.29 is 64.6 Å². The van der Waals surface area contributed by atoms with Crippen LogP contribution >= 0.6 is 11.6 Å². The molecular formula is C38H30ClF6N5O8. The summed E-state index contributed by atoms with van der Waals surface area (Å²) in [6, 6.07) is 8.25. The van der Waals surface area contributed by atoms with E-state index in [0.29, 0.717) is 21.9 Å². The number of nitrogens with zero attached hydrogens (tertiary/aromatic N) is 4. The number of primary amides is 1. The van der Waals surface area contributed by atoms with Gasteiger partial charge < -0.3 is 15.2 Å².